The number of hydrogen-bond donors (Lipinski definition) is 2. The molecule has 3 aromatic rings. The first kappa shape index (κ1) is 22.3. The number of rotatable bonds is 7. The highest BCUT2D eigenvalue weighted by molar-refractivity contribution is 7.90. The van der Waals surface area contributed by atoms with Gasteiger partial charge in [-0.25, -0.2) is 13.1 Å². The molecular formula is C21H18ClN3O5S. The Kier molecular flexibility index (Phi) is 6.88. The lowest BCUT2D eigenvalue weighted by Crippen LogP contribution is -2.34. The Morgan fingerprint density at radius 2 is 1.61 bits per heavy atom. The second-order valence-corrected chi connectivity index (χ2v) is 8.56. The molecule has 2 amide bonds. The summed E-state index contributed by atoms with van der Waals surface area (Å²) < 4.78 is 27.7. The Morgan fingerprint density at radius 3 is 2.26 bits per heavy atom. The van der Waals surface area contributed by atoms with E-state index in [1.165, 1.54) is 34.9 Å². The second kappa shape index (κ2) is 9.59. The van der Waals surface area contributed by atoms with Crippen molar-refractivity contribution in [1.29, 1.82) is 0 Å². The first-order valence-electron chi connectivity index (χ1n) is 9.14. The number of sulfonamides is 1. The molecule has 0 unspecified atom stereocenters. The molecule has 0 atom stereocenters. The summed E-state index contributed by atoms with van der Waals surface area (Å²) in [6.45, 7) is -0.0549. The maximum absolute atomic E-state index is 12.2. The molecule has 0 saturated heterocycles. The third-order valence-corrected chi connectivity index (χ3v) is 5.88. The van der Waals surface area contributed by atoms with E-state index in [-0.39, 0.29) is 23.4 Å². The SMILES string of the molecule is O=C(CCNC(=O)c1ccc(-n2ccccc2=O)cc1)NS(=O)(=O)c1ccc(Cl)cc1. The van der Waals surface area contributed by atoms with Crippen molar-refractivity contribution < 1.29 is 18.0 Å². The quantitative estimate of drug-likeness (QED) is 0.561. The summed E-state index contributed by atoms with van der Waals surface area (Å²) >= 11 is 5.73. The van der Waals surface area contributed by atoms with Crippen LogP contribution >= 0.6 is 11.6 Å². The van der Waals surface area contributed by atoms with E-state index in [2.05, 4.69) is 5.32 Å². The number of pyridine rings is 1. The van der Waals surface area contributed by atoms with Gasteiger partial charge >= 0.3 is 0 Å². The predicted octanol–water partition coefficient (Wildman–Crippen LogP) is 2.12. The number of hydrogen-bond acceptors (Lipinski definition) is 5. The van der Waals surface area contributed by atoms with Crippen LogP contribution in [-0.2, 0) is 14.8 Å². The van der Waals surface area contributed by atoms with Crippen molar-refractivity contribution in [3.05, 3.63) is 93.9 Å². The van der Waals surface area contributed by atoms with Crippen LogP contribution in [0.1, 0.15) is 16.8 Å². The molecule has 0 radical (unpaired) electrons. The minimum Gasteiger partial charge on any atom is -0.352 e. The molecule has 31 heavy (non-hydrogen) atoms. The van der Waals surface area contributed by atoms with Gasteiger partial charge in [-0.15, -0.1) is 0 Å². The Morgan fingerprint density at radius 1 is 0.935 bits per heavy atom. The highest BCUT2D eigenvalue weighted by atomic mass is 35.5. The van der Waals surface area contributed by atoms with Crippen molar-refractivity contribution in [2.45, 2.75) is 11.3 Å². The van der Waals surface area contributed by atoms with Crippen LogP contribution in [0.15, 0.2) is 82.6 Å². The summed E-state index contributed by atoms with van der Waals surface area (Å²) in [4.78, 5) is 35.9. The van der Waals surface area contributed by atoms with Crippen LogP contribution in [0.2, 0.25) is 5.02 Å². The summed E-state index contributed by atoms with van der Waals surface area (Å²) in [6, 6.07) is 16.5. The van der Waals surface area contributed by atoms with Crippen LogP contribution in [0.5, 0.6) is 0 Å². The van der Waals surface area contributed by atoms with Crippen LogP contribution in [0.4, 0.5) is 0 Å². The lowest BCUT2D eigenvalue weighted by atomic mass is 10.2. The molecule has 8 nitrogen and oxygen atoms in total. The number of carbonyl (C=O) groups is 2. The minimum absolute atomic E-state index is 0.0549. The van der Waals surface area contributed by atoms with E-state index in [1.807, 2.05) is 4.72 Å². The molecule has 10 heteroatoms. The maximum atomic E-state index is 12.2. The molecule has 160 valence electrons. The molecule has 3 rings (SSSR count). The van der Waals surface area contributed by atoms with E-state index < -0.39 is 21.8 Å². The first-order chi connectivity index (χ1) is 14.8. The molecule has 0 bridgehead atoms. The number of nitrogens with zero attached hydrogens (tertiary/aromatic N) is 1. The largest absolute Gasteiger partial charge is 0.352 e. The van der Waals surface area contributed by atoms with E-state index in [9.17, 15) is 22.8 Å². The average molecular weight is 460 g/mol. The molecule has 0 aliphatic rings. The number of halogens is 1. The van der Waals surface area contributed by atoms with Gasteiger partial charge in [-0.3, -0.25) is 19.0 Å². The van der Waals surface area contributed by atoms with Gasteiger partial charge in [0, 0.05) is 41.5 Å². The van der Waals surface area contributed by atoms with Gasteiger partial charge in [0.2, 0.25) is 5.91 Å². The molecule has 1 aromatic heterocycles. The second-order valence-electron chi connectivity index (χ2n) is 6.44. The van der Waals surface area contributed by atoms with E-state index in [0.717, 1.165) is 0 Å². The summed E-state index contributed by atoms with van der Waals surface area (Å²) in [6.07, 6.45) is 1.39. The lowest BCUT2D eigenvalue weighted by molar-refractivity contribution is -0.119. The van der Waals surface area contributed by atoms with Gasteiger partial charge in [-0.05, 0) is 54.6 Å². The van der Waals surface area contributed by atoms with Gasteiger partial charge in [0.1, 0.15) is 0 Å². The number of amides is 2. The van der Waals surface area contributed by atoms with Crippen LogP contribution in [0.3, 0.4) is 0 Å². The van der Waals surface area contributed by atoms with Crippen molar-refractivity contribution in [2.75, 3.05) is 6.54 Å². The lowest BCUT2D eigenvalue weighted by Gasteiger charge is -2.09. The van der Waals surface area contributed by atoms with Crippen molar-refractivity contribution in [3.8, 4) is 5.69 Å². The highest BCUT2D eigenvalue weighted by Crippen LogP contribution is 2.14. The van der Waals surface area contributed by atoms with Crippen molar-refractivity contribution in [3.63, 3.8) is 0 Å². The number of nitrogens with one attached hydrogen (secondary N) is 2. The van der Waals surface area contributed by atoms with Crippen molar-refractivity contribution >= 4 is 33.4 Å². The van der Waals surface area contributed by atoms with Gasteiger partial charge < -0.3 is 5.32 Å². The monoisotopic (exact) mass is 459 g/mol. The van der Waals surface area contributed by atoms with Crippen molar-refractivity contribution in [1.82, 2.24) is 14.6 Å². The number of carbonyl (C=O) groups excluding carboxylic acids is 2. The third kappa shape index (κ3) is 5.80. The summed E-state index contributed by atoms with van der Waals surface area (Å²) in [5.41, 5.74) is 0.745. The molecule has 0 aliphatic carbocycles. The van der Waals surface area contributed by atoms with E-state index >= 15 is 0 Å². The van der Waals surface area contributed by atoms with E-state index in [0.29, 0.717) is 16.3 Å². The molecule has 2 aromatic carbocycles. The summed E-state index contributed by atoms with van der Waals surface area (Å²) in [5.74, 6) is -1.19. The summed E-state index contributed by atoms with van der Waals surface area (Å²) in [7, 11) is -4.01. The number of benzene rings is 2. The highest BCUT2D eigenvalue weighted by Gasteiger charge is 2.17. The normalized spacial score (nSPS) is 11.0. The fourth-order valence-electron chi connectivity index (χ4n) is 2.68. The fraction of sp³-hybridized carbons (Fsp3) is 0.0952. The molecule has 1 heterocycles. The van der Waals surface area contributed by atoms with Gasteiger partial charge in [0.05, 0.1) is 4.90 Å². The van der Waals surface area contributed by atoms with E-state index in [1.54, 1.807) is 42.6 Å². The fourth-order valence-corrected chi connectivity index (χ4v) is 3.82. The Hall–Kier alpha value is -3.43. The Balaban J connectivity index is 1.53. The molecule has 0 aliphatic heterocycles. The summed E-state index contributed by atoms with van der Waals surface area (Å²) in [5, 5.41) is 2.92. The molecule has 0 fully saturated rings. The number of aromatic nitrogens is 1. The van der Waals surface area contributed by atoms with Gasteiger partial charge in [-0.2, -0.15) is 0 Å². The van der Waals surface area contributed by atoms with Crippen LogP contribution < -0.4 is 15.6 Å². The first-order valence-corrected chi connectivity index (χ1v) is 11.0. The zero-order valence-corrected chi connectivity index (χ0v) is 17.7. The smallest absolute Gasteiger partial charge is 0.264 e. The zero-order chi connectivity index (χ0) is 22.4. The zero-order valence-electron chi connectivity index (χ0n) is 16.1. The third-order valence-electron chi connectivity index (χ3n) is 4.24. The Bertz CT molecular complexity index is 1250. The van der Waals surface area contributed by atoms with E-state index in [4.69, 9.17) is 11.6 Å². The van der Waals surface area contributed by atoms with Crippen molar-refractivity contribution in [2.24, 2.45) is 0 Å². The van der Waals surface area contributed by atoms with Crippen LogP contribution in [-0.4, -0.2) is 31.3 Å². The molecular weight excluding hydrogens is 442 g/mol. The molecule has 2 N–H and O–H groups in total. The van der Waals surface area contributed by atoms with Crippen LogP contribution in [0.25, 0.3) is 5.69 Å². The predicted molar refractivity (Wildman–Crippen MR) is 116 cm³/mol. The standard InChI is InChI=1S/C21H18ClN3O5S/c22-16-6-10-18(11-7-16)31(29,30)24-19(26)12-13-23-21(28)15-4-8-17(9-5-15)25-14-2-1-3-20(25)27/h1-11,14H,12-13H2,(H,23,28)(H,24,26). The minimum atomic E-state index is -4.01. The molecule has 0 spiro atoms. The van der Waals surface area contributed by atoms with Gasteiger partial charge in [-0.1, -0.05) is 17.7 Å². The van der Waals surface area contributed by atoms with Gasteiger partial charge in [0.15, 0.2) is 0 Å². The van der Waals surface area contributed by atoms with Crippen LogP contribution in [0, 0.1) is 0 Å². The maximum Gasteiger partial charge on any atom is 0.264 e. The Labute approximate surface area is 183 Å². The topological polar surface area (TPSA) is 114 Å². The average Bonchev–Trinajstić information content (AvgIpc) is 2.74. The molecule has 0 saturated carbocycles. The van der Waals surface area contributed by atoms with Gasteiger partial charge in [0.25, 0.3) is 21.5 Å².